The molecule has 0 fully saturated rings. The minimum atomic E-state index is 0.225. The molecule has 1 heterocycles. The lowest BCUT2D eigenvalue weighted by molar-refractivity contribution is 0.286. The van der Waals surface area contributed by atoms with Crippen LogP contribution in [0, 0.1) is 13.8 Å². The van der Waals surface area contributed by atoms with Crippen molar-refractivity contribution in [3.05, 3.63) is 45.7 Å². The van der Waals surface area contributed by atoms with E-state index in [1.807, 2.05) is 35.9 Å². The molecular weight excluding hydrogens is 318 g/mol. The molecule has 2 rings (SSSR count). The normalized spacial score (nSPS) is 11.0. The molecule has 108 valence electrons. The van der Waals surface area contributed by atoms with Crippen LogP contribution in [0.5, 0.6) is 0 Å². The summed E-state index contributed by atoms with van der Waals surface area (Å²) in [7, 11) is 0. The number of nitrogens with one attached hydrogen (secondary N) is 1. The first-order valence-corrected chi connectivity index (χ1v) is 7.55. The van der Waals surface area contributed by atoms with Crippen molar-refractivity contribution < 1.29 is 5.11 Å². The van der Waals surface area contributed by atoms with E-state index in [-0.39, 0.29) is 6.61 Å². The van der Waals surface area contributed by atoms with Gasteiger partial charge in [-0.3, -0.25) is 0 Å². The molecule has 2 N–H and O–H groups in total. The van der Waals surface area contributed by atoms with Crippen molar-refractivity contribution in [1.82, 2.24) is 15.1 Å². The fourth-order valence-corrected chi connectivity index (χ4v) is 2.45. The third kappa shape index (κ3) is 3.48. The average molecular weight is 338 g/mol. The zero-order valence-electron chi connectivity index (χ0n) is 11.9. The summed E-state index contributed by atoms with van der Waals surface area (Å²) in [6.45, 7) is 5.95. The quantitative estimate of drug-likeness (QED) is 0.797. The summed E-state index contributed by atoms with van der Waals surface area (Å²) in [5.41, 5.74) is 4.49. The van der Waals surface area contributed by atoms with Crippen molar-refractivity contribution >= 4 is 15.9 Å². The van der Waals surface area contributed by atoms with Crippen molar-refractivity contribution in [1.29, 1.82) is 0 Å². The minimum absolute atomic E-state index is 0.225. The number of halogens is 1. The summed E-state index contributed by atoms with van der Waals surface area (Å²) in [6, 6.07) is 8.13. The van der Waals surface area contributed by atoms with Crippen LogP contribution >= 0.6 is 15.9 Å². The Kier molecular flexibility index (Phi) is 5.34. The molecule has 0 radical (unpaired) electrons. The first kappa shape index (κ1) is 15.2. The smallest absolute Gasteiger partial charge is 0.0649 e. The van der Waals surface area contributed by atoms with Gasteiger partial charge in [0.25, 0.3) is 0 Å². The highest BCUT2D eigenvalue weighted by Gasteiger charge is 2.12. The molecule has 0 unspecified atom stereocenters. The van der Waals surface area contributed by atoms with Crippen LogP contribution in [-0.4, -0.2) is 28.0 Å². The van der Waals surface area contributed by atoms with Crippen LogP contribution < -0.4 is 5.32 Å². The number of aromatic nitrogens is 2. The van der Waals surface area contributed by atoms with Gasteiger partial charge in [-0.25, -0.2) is 4.68 Å². The van der Waals surface area contributed by atoms with Crippen LogP contribution in [-0.2, 0) is 6.54 Å². The number of hydrogen-bond acceptors (Lipinski definition) is 3. The van der Waals surface area contributed by atoms with Crippen LogP contribution in [0.1, 0.15) is 23.4 Å². The number of aliphatic hydroxyl groups excluding tert-OH is 1. The van der Waals surface area contributed by atoms with E-state index in [9.17, 15) is 0 Å². The van der Waals surface area contributed by atoms with E-state index in [4.69, 9.17) is 5.11 Å². The minimum Gasteiger partial charge on any atom is -0.396 e. The topological polar surface area (TPSA) is 50.1 Å². The van der Waals surface area contributed by atoms with Crippen LogP contribution in [0.3, 0.4) is 0 Å². The van der Waals surface area contributed by atoms with E-state index in [0.717, 1.165) is 41.1 Å². The maximum absolute atomic E-state index is 8.79. The van der Waals surface area contributed by atoms with Crippen molar-refractivity contribution in [2.45, 2.75) is 26.8 Å². The summed E-state index contributed by atoms with van der Waals surface area (Å²) >= 11 is 3.45. The van der Waals surface area contributed by atoms with Crippen LogP contribution in [0.2, 0.25) is 0 Å². The van der Waals surface area contributed by atoms with Crippen LogP contribution in [0.25, 0.3) is 5.69 Å². The summed E-state index contributed by atoms with van der Waals surface area (Å²) in [5, 5.41) is 16.7. The van der Waals surface area contributed by atoms with Crippen molar-refractivity contribution in [3.63, 3.8) is 0 Å². The van der Waals surface area contributed by atoms with E-state index < -0.39 is 0 Å². The number of nitrogens with zero attached hydrogens (tertiary/aromatic N) is 2. The molecule has 2 aromatic rings. The van der Waals surface area contributed by atoms with Gasteiger partial charge >= 0.3 is 0 Å². The summed E-state index contributed by atoms with van der Waals surface area (Å²) < 4.78 is 3.04. The third-order valence-corrected chi connectivity index (χ3v) is 3.85. The molecule has 20 heavy (non-hydrogen) atoms. The molecule has 4 nitrogen and oxygen atoms in total. The van der Waals surface area contributed by atoms with Crippen molar-refractivity contribution in [2.24, 2.45) is 0 Å². The Morgan fingerprint density at radius 1 is 1.25 bits per heavy atom. The summed E-state index contributed by atoms with van der Waals surface area (Å²) in [4.78, 5) is 0. The molecule has 0 amide bonds. The van der Waals surface area contributed by atoms with E-state index in [1.165, 1.54) is 5.56 Å². The largest absolute Gasteiger partial charge is 0.396 e. The Labute approximate surface area is 127 Å². The molecule has 0 bridgehead atoms. The van der Waals surface area contributed by atoms with Gasteiger partial charge in [0.2, 0.25) is 0 Å². The molecule has 0 aliphatic heterocycles. The SMILES string of the molecule is Cc1nn(-c2ccc(Br)cc2)c(C)c1CNCCCO. The zero-order chi connectivity index (χ0) is 14.5. The van der Waals surface area contributed by atoms with E-state index in [0.29, 0.717) is 0 Å². The molecule has 0 saturated carbocycles. The molecule has 0 spiro atoms. The second-order valence-electron chi connectivity index (χ2n) is 4.79. The van der Waals surface area contributed by atoms with Gasteiger partial charge in [-0.15, -0.1) is 0 Å². The Balaban J connectivity index is 2.17. The first-order chi connectivity index (χ1) is 9.63. The zero-order valence-corrected chi connectivity index (χ0v) is 13.4. The Hall–Kier alpha value is -1.17. The second kappa shape index (κ2) is 7.02. The maximum atomic E-state index is 8.79. The van der Waals surface area contributed by atoms with E-state index in [1.54, 1.807) is 0 Å². The average Bonchev–Trinajstić information content (AvgIpc) is 2.72. The maximum Gasteiger partial charge on any atom is 0.0649 e. The third-order valence-electron chi connectivity index (χ3n) is 3.33. The molecule has 5 heteroatoms. The van der Waals surface area contributed by atoms with Gasteiger partial charge in [-0.05, 0) is 51.1 Å². The highest BCUT2D eigenvalue weighted by Crippen LogP contribution is 2.19. The molecule has 0 saturated heterocycles. The Morgan fingerprint density at radius 3 is 2.60 bits per heavy atom. The molecule has 1 aromatic heterocycles. The number of aliphatic hydroxyl groups is 1. The Bertz CT molecular complexity index is 563. The molecule has 0 atom stereocenters. The lowest BCUT2D eigenvalue weighted by Gasteiger charge is -2.06. The van der Waals surface area contributed by atoms with Gasteiger partial charge in [-0.2, -0.15) is 5.10 Å². The molecule has 0 aliphatic rings. The van der Waals surface area contributed by atoms with Gasteiger partial charge in [-0.1, -0.05) is 15.9 Å². The van der Waals surface area contributed by atoms with Crippen LogP contribution in [0.15, 0.2) is 28.7 Å². The van der Waals surface area contributed by atoms with Crippen LogP contribution in [0.4, 0.5) is 0 Å². The lowest BCUT2D eigenvalue weighted by Crippen LogP contribution is -2.16. The second-order valence-corrected chi connectivity index (χ2v) is 5.71. The molecule has 1 aromatic carbocycles. The van der Waals surface area contributed by atoms with E-state index >= 15 is 0 Å². The predicted molar refractivity (Wildman–Crippen MR) is 84.1 cm³/mol. The standard InChI is InChI=1S/C15H20BrN3O/c1-11-15(10-17-8-3-9-20)12(2)19(18-11)14-6-4-13(16)5-7-14/h4-7,17,20H,3,8-10H2,1-2H3. The Morgan fingerprint density at radius 2 is 1.95 bits per heavy atom. The van der Waals surface area contributed by atoms with E-state index in [2.05, 4.69) is 33.3 Å². The first-order valence-electron chi connectivity index (χ1n) is 6.76. The van der Waals surface area contributed by atoms with Gasteiger partial charge in [0.05, 0.1) is 11.4 Å². The monoisotopic (exact) mass is 337 g/mol. The molecule has 0 aliphatic carbocycles. The van der Waals surface area contributed by atoms with Gasteiger partial charge < -0.3 is 10.4 Å². The van der Waals surface area contributed by atoms with Gasteiger partial charge in [0, 0.05) is 28.9 Å². The van der Waals surface area contributed by atoms with Crippen molar-refractivity contribution in [2.75, 3.05) is 13.2 Å². The highest BCUT2D eigenvalue weighted by atomic mass is 79.9. The van der Waals surface area contributed by atoms with Crippen molar-refractivity contribution in [3.8, 4) is 5.69 Å². The number of benzene rings is 1. The fourth-order valence-electron chi connectivity index (χ4n) is 2.18. The van der Waals surface area contributed by atoms with Gasteiger partial charge in [0.15, 0.2) is 0 Å². The number of aryl methyl sites for hydroxylation is 1. The highest BCUT2D eigenvalue weighted by molar-refractivity contribution is 9.10. The van der Waals surface area contributed by atoms with Gasteiger partial charge in [0.1, 0.15) is 0 Å². The predicted octanol–water partition coefficient (Wildman–Crippen LogP) is 2.72. The fraction of sp³-hybridized carbons (Fsp3) is 0.400. The number of hydrogen-bond donors (Lipinski definition) is 2. The lowest BCUT2D eigenvalue weighted by atomic mass is 10.2. The summed E-state index contributed by atoms with van der Waals surface area (Å²) in [5.74, 6) is 0. The molecular formula is C15H20BrN3O. The number of rotatable bonds is 6. The summed E-state index contributed by atoms with van der Waals surface area (Å²) in [6.07, 6.45) is 0.777.